The summed E-state index contributed by atoms with van der Waals surface area (Å²) in [6.07, 6.45) is 3.31. The second-order valence-corrected chi connectivity index (χ2v) is 6.83. The number of aromatic nitrogens is 3. The molecule has 5 rings (SSSR count). The van der Waals surface area contributed by atoms with E-state index >= 15 is 0 Å². The van der Waals surface area contributed by atoms with Gasteiger partial charge in [-0.1, -0.05) is 11.3 Å². The standard InChI is InChI=1S/C21H17N5O2/c1-12-8-16-11-23-25-26(16)13(2)19(12)21(27)24-15-6-5-14-10-22-20(17(14)9-15)18-4-3-7-28-18/h3-9,11H,10H2,1-2H3,(H,24,27). The monoisotopic (exact) mass is 371 g/mol. The molecule has 138 valence electrons. The highest BCUT2D eigenvalue weighted by Crippen LogP contribution is 2.27. The van der Waals surface area contributed by atoms with Crippen LogP contribution in [0.2, 0.25) is 0 Å². The van der Waals surface area contributed by atoms with Crippen molar-refractivity contribution in [3.05, 3.63) is 82.6 Å². The molecule has 1 aromatic carbocycles. The Bertz CT molecular complexity index is 1250. The van der Waals surface area contributed by atoms with Crippen molar-refractivity contribution >= 4 is 22.8 Å². The molecule has 7 heteroatoms. The van der Waals surface area contributed by atoms with E-state index in [-0.39, 0.29) is 5.91 Å². The number of carbonyl (C=O) groups excluding carboxylic acids is 1. The molecule has 3 aromatic heterocycles. The number of hydrogen-bond donors (Lipinski definition) is 1. The van der Waals surface area contributed by atoms with Gasteiger partial charge in [-0.15, -0.1) is 5.10 Å². The van der Waals surface area contributed by atoms with Gasteiger partial charge in [-0.05, 0) is 55.3 Å². The highest BCUT2D eigenvalue weighted by molar-refractivity contribution is 6.14. The molecule has 1 amide bonds. The van der Waals surface area contributed by atoms with Crippen molar-refractivity contribution in [2.45, 2.75) is 20.4 Å². The van der Waals surface area contributed by atoms with E-state index in [4.69, 9.17) is 4.42 Å². The molecule has 0 radical (unpaired) electrons. The van der Waals surface area contributed by atoms with Crippen molar-refractivity contribution in [3.8, 4) is 0 Å². The average molecular weight is 371 g/mol. The predicted octanol–water partition coefficient (Wildman–Crippen LogP) is 3.54. The van der Waals surface area contributed by atoms with Gasteiger partial charge in [-0.2, -0.15) is 0 Å². The summed E-state index contributed by atoms with van der Waals surface area (Å²) in [4.78, 5) is 17.6. The molecule has 0 fully saturated rings. The van der Waals surface area contributed by atoms with Crippen LogP contribution in [0.25, 0.3) is 5.52 Å². The molecular weight excluding hydrogens is 354 g/mol. The lowest BCUT2D eigenvalue weighted by molar-refractivity contribution is 0.102. The van der Waals surface area contributed by atoms with Gasteiger partial charge in [0.2, 0.25) is 0 Å². The third-order valence-corrected chi connectivity index (χ3v) is 5.03. The predicted molar refractivity (Wildman–Crippen MR) is 105 cm³/mol. The molecule has 0 atom stereocenters. The Labute approximate surface area is 160 Å². The van der Waals surface area contributed by atoms with Crippen LogP contribution in [-0.4, -0.2) is 26.4 Å². The van der Waals surface area contributed by atoms with Gasteiger partial charge >= 0.3 is 0 Å². The Morgan fingerprint density at radius 2 is 2.11 bits per heavy atom. The molecule has 0 spiro atoms. The first kappa shape index (κ1) is 16.4. The van der Waals surface area contributed by atoms with Gasteiger partial charge in [-0.3, -0.25) is 9.79 Å². The summed E-state index contributed by atoms with van der Waals surface area (Å²) >= 11 is 0. The highest BCUT2D eigenvalue weighted by Gasteiger charge is 2.21. The number of fused-ring (bicyclic) bond motifs is 2. The number of carbonyl (C=O) groups is 1. The molecule has 4 heterocycles. The molecule has 0 unspecified atom stereocenters. The number of aliphatic imine (C=N–C) groups is 1. The number of pyridine rings is 1. The SMILES string of the molecule is Cc1cc2cnnn2c(C)c1C(=O)Nc1ccc2c(c1)C(c1ccco1)=NC2. The molecule has 1 aliphatic heterocycles. The number of nitrogens with zero attached hydrogens (tertiary/aromatic N) is 4. The number of aryl methyl sites for hydroxylation is 2. The minimum atomic E-state index is -0.179. The van der Waals surface area contributed by atoms with E-state index in [1.54, 1.807) is 17.0 Å². The quantitative estimate of drug-likeness (QED) is 0.597. The van der Waals surface area contributed by atoms with Gasteiger partial charge in [0.15, 0.2) is 5.76 Å². The summed E-state index contributed by atoms with van der Waals surface area (Å²) in [5, 5.41) is 11.0. The van der Waals surface area contributed by atoms with Crippen LogP contribution in [0.5, 0.6) is 0 Å². The zero-order valence-corrected chi connectivity index (χ0v) is 15.4. The Kier molecular flexibility index (Phi) is 3.61. The Morgan fingerprint density at radius 3 is 2.93 bits per heavy atom. The van der Waals surface area contributed by atoms with Gasteiger partial charge < -0.3 is 9.73 Å². The molecule has 0 aliphatic carbocycles. The minimum Gasteiger partial charge on any atom is -0.463 e. The maximum Gasteiger partial charge on any atom is 0.257 e. The van der Waals surface area contributed by atoms with Crippen molar-refractivity contribution in [2.75, 3.05) is 5.32 Å². The zero-order chi connectivity index (χ0) is 19.3. The molecular formula is C21H17N5O2. The number of benzene rings is 1. The van der Waals surface area contributed by atoms with Gasteiger partial charge in [0.1, 0.15) is 5.71 Å². The molecule has 0 saturated carbocycles. The highest BCUT2D eigenvalue weighted by atomic mass is 16.3. The van der Waals surface area contributed by atoms with Crippen molar-refractivity contribution in [1.82, 2.24) is 14.8 Å². The fraction of sp³-hybridized carbons (Fsp3) is 0.143. The molecule has 0 bridgehead atoms. The van der Waals surface area contributed by atoms with Crippen molar-refractivity contribution < 1.29 is 9.21 Å². The van der Waals surface area contributed by atoms with Crippen molar-refractivity contribution in [2.24, 2.45) is 4.99 Å². The minimum absolute atomic E-state index is 0.179. The van der Waals surface area contributed by atoms with Crippen LogP contribution in [0.15, 0.2) is 58.3 Å². The second kappa shape index (κ2) is 6.16. The van der Waals surface area contributed by atoms with E-state index in [1.807, 2.05) is 50.2 Å². The van der Waals surface area contributed by atoms with E-state index in [0.29, 0.717) is 17.8 Å². The summed E-state index contributed by atoms with van der Waals surface area (Å²) in [5.74, 6) is 0.549. The van der Waals surface area contributed by atoms with Gasteiger partial charge in [0.05, 0.1) is 35.8 Å². The van der Waals surface area contributed by atoms with Crippen LogP contribution in [0.4, 0.5) is 5.69 Å². The van der Waals surface area contributed by atoms with Crippen LogP contribution >= 0.6 is 0 Å². The first-order valence-corrected chi connectivity index (χ1v) is 8.95. The average Bonchev–Trinajstić information content (AvgIpc) is 3.41. The number of furan rings is 1. The topological polar surface area (TPSA) is 84.8 Å². The first-order valence-electron chi connectivity index (χ1n) is 8.95. The lowest BCUT2D eigenvalue weighted by Gasteiger charge is -2.13. The summed E-state index contributed by atoms with van der Waals surface area (Å²) in [6, 6.07) is 11.5. The zero-order valence-electron chi connectivity index (χ0n) is 15.4. The summed E-state index contributed by atoms with van der Waals surface area (Å²) in [5.41, 5.74) is 6.71. The fourth-order valence-electron chi connectivity index (χ4n) is 3.71. The van der Waals surface area contributed by atoms with E-state index in [9.17, 15) is 4.79 Å². The van der Waals surface area contributed by atoms with Crippen molar-refractivity contribution in [1.29, 1.82) is 0 Å². The molecule has 1 aliphatic rings. The number of amides is 1. The summed E-state index contributed by atoms with van der Waals surface area (Å²) in [6.45, 7) is 4.40. The molecule has 0 saturated heterocycles. The second-order valence-electron chi connectivity index (χ2n) is 6.83. The number of hydrogen-bond acceptors (Lipinski definition) is 5. The smallest absolute Gasteiger partial charge is 0.257 e. The molecule has 28 heavy (non-hydrogen) atoms. The van der Waals surface area contributed by atoms with E-state index < -0.39 is 0 Å². The molecule has 1 N–H and O–H groups in total. The summed E-state index contributed by atoms with van der Waals surface area (Å²) in [7, 11) is 0. The Hall–Kier alpha value is -3.74. The fourth-order valence-corrected chi connectivity index (χ4v) is 3.71. The van der Waals surface area contributed by atoms with Gasteiger partial charge in [0.25, 0.3) is 5.91 Å². The molecule has 7 nitrogen and oxygen atoms in total. The lowest BCUT2D eigenvalue weighted by Crippen LogP contribution is -2.17. The summed E-state index contributed by atoms with van der Waals surface area (Å²) < 4.78 is 7.17. The number of nitrogens with one attached hydrogen (secondary N) is 1. The van der Waals surface area contributed by atoms with Crippen LogP contribution in [0.3, 0.4) is 0 Å². The third-order valence-electron chi connectivity index (χ3n) is 5.03. The Morgan fingerprint density at radius 1 is 1.21 bits per heavy atom. The van der Waals surface area contributed by atoms with Crippen LogP contribution in [-0.2, 0) is 6.54 Å². The van der Waals surface area contributed by atoms with Crippen molar-refractivity contribution in [3.63, 3.8) is 0 Å². The largest absolute Gasteiger partial charge is 0.463 e. The van der Waals surface area contributed by atoms with E-state index in [0.717, 1.165) is 39.4 Å². The maximum absolute atomic E-state index is 13.0. The number of rotatable bonds is 3. The van der Waals surface area contributed by atoms with Crippen LogP contribution in [0, 0.1) is 13.8 Å². The number of anilines is 1. The van der Waals surface area contributed by atoms with E-state index in [1.165, 1.54) is 0 Å². The Balaban J connectivity index is 1.49. The molecule has 4 aromatic rings. The van der Waals surface area contributed by atoms with E-state index in [2.05, 4.69) is 20.6 Å². The van der Waals surface area contributed by atoms with Gasteiger partial charge in [0, 0.05) is 11.3 Å². The van der Waals surface area contributed by atoms with Crippen LogP contribution in [0.1, 0.15) is 38.5 Å². The normalized spacial score (nSPS) is 12.9. The third kappa shape index (κ3) is 2.51. The van der Waals surface area contributed by atoms with Crippen LogP contribution < -0.4 is 5.32 Å². The lowest BCUT2D eigenvalue weighted by atomic mass is 10.0. The van der Waals surface area contributed by atoms with Gasteiger partial charge in [-0.25, -0.2) is 4.52 Å². The first-order chi connectivity index (χ1) is 13.6. The maximum atomic E-state index is 13.0.